The maximum absolute atomic E-state index is 12.7. The number of hydrogen-bond acceptors (Lipinski definition) is 5. The molecule has 0 aromatic heterocycles. The van der Waals surface area contributed by atoms with Gasteiger partial charge in [-0.2, -0.15) is 0 Å². The van der Waals surface area contributed by atoms with Gasteiger partial charge >= 0.3 is 0 Å². The zero-order valence-corrected chi connectivity index (χ0v) is 19.5. The maximum atomic E-state index is 12.7. The number of hydrogen-bond donors (Lipinski definition) is 1. The lowest BCUT2D eigenvalue weighted by Gasteiger charge is -2.22. The number of nitrogens with zero attached hydrogens (tertiary/aromatic N) is 2. The van der Waals surface area contributed by atoms with E-state index in [-0.39, 0.29) is 18.4 Å². The minimum Gasteiger partial charge on any atom is -0.384 e. The Bertz CT molecular complexity index is 1100. The fourth-order valence-corrected chi connectivity index (χ4v) is 4.39. The molecular formula is C23H23Cl2N3O4. The van der Waals surface area contributed by atoms with Crippen LogP contribution in [0.3, 0.4) is 0 Å². The van der Waals surface area contributed by atoms with E-state index in [1.807, 2.05) is 45.0 Å². The highest BCUT2D eigenvalue weighted by atomic mass is 35.5. The molecule has 2 atom stereocenters. The number of nitrogens with one attached hydrogen (secondary N) is 1. The van der Waals surface area contributed by atoms with E-state index < -0.39 is 11.6 Å². The van der Waals surface area contributed by atoms with Crippen LogP contribution in [0.25, 0.3) is 0 Å². The van der Waals surface area contributed by atoms with Crippen molar-refractivity contribution in [3.63, 3.8) is 0 Å². The number of halogens is 2. The summed E-state index contributed by atoms with van der Waals surface area (Å²) >= 11 is 12.3. The number of amides is 2. The highest BCUT2D eigenvalue weighted by molar-refractivity contribution is 6.34. The summed E-state index contributed by atoms with van der Waals surface area (Å²) in [6.07, 6.45) is 0.523. The minimum absolute atomic E-state index is 0.135. The number of hydroxylamine groups is 2. The summed E-state index contributed by atoms with van der Waals surface area (Å²) in [7, 11) is 0. The van der Waals surface area contributed by atoms with Crippen LogP contribution >= 0.6 is 23.2 Å². The number of aryl methyl sites for hydroxylation is 1. The molecule has 0 aliphatic carbocycles. The fourth-order valence-electron chi connectivity index (χ4n) is 3.87. The molecule has 168 valence electrons. The monoisotopic (exact) mass is 475 g/mol. The Hall–Kier alpha value is -2.61. The van der Waals surface area contributed by atoms with Gasteiger partial charge in [0, 0.05) is 34.1 Å². The van der Waals surface area contributed by atoms with E-state index in [9.17, 15) is 9.59 Å². The number of benzene rings is 2. The van der Waals surface area contributed by atoms with Gasteiger partial charge in [0.1, 0.15) is 12.6 Å². The zero-order chi connectivity index (χ0) is 23.0. The molecule has 4 rings (SSSR count). The van der Waals surface area contributed by atoms with Crippen molar-refractivity contribution >= 4 is 40.7 Å². The number of rotatable bonds is 5. The second kappa shape index (κ2) is 8.73. The van der Waals surface area contributed by atoms with Gasteiger partial charge in [0.25, 0.3) is 11.8 Å². The first kappa shape index (κ1) is 22.6. The maximum Gasteiger partial charge on any atom is 0.271 e. The molecule has 2 amide bonds. The Morgan fingerprint density at radius 2 is 1.97 bits per heavy atom. The van der Waals surface area contributed by atoms with E-state index >= 15 is 0 Å². The summed E-state index contributed by atoms with van der Waals surface area (Å²) in [4.78, 5) is 36.0. The van der Waals surface area contributed by atoms with Crippen LogP contribution in [-0.2, 0) is 20.1 Å². The quantitative estimate of drug-likeness (QED) is 0.701. The van der Waals surface area contributed by atoms with E-state index in [0.717, 1.165) is 22.4 Å². The molecule has 2 heterocycles. The first-order valence-electron chi connectivity index (χ1n) is 10.3. The van der Waals surface area contributed by atoms with Crippen molar-refractivity contribution in [1.29, 1.82) is 0 Å². The van der Waals surface area contributed by atoms with Crippen LogP contribution in [-0.4, -0.2) is 41.8 Å². The molecular weight excluding hydrogens is 453 g/mol. The first-order chi connectivity index (χ1) is 15.2. The fraction of sp³-hybridized carbons (Fsp3) is 0.348. The van der Waals surface area contributed by atoms with E-state index in [1.54, 1.807) is 12.1 Å². The second-order valence-corrected chi connectivity index (χ2v) is 8.95. The average molecular weight is 476 g/mol. The van der Waals surface area contributed by atoms with Crippen molar-refractivity contribution in [1.82, 2.24) is 10.4 Å². The summed E-state index contributed by atoms with van der Waals surface area (Å²) in [6.45, 7) is 6.15. The highest BCUT2D eigenvalue weighted by Crippen LogP contribution is 2.38. The molecule has 0 spiro atoms. The second-order valence-electron chi connectivity index (χ2n) is 8.08. The van der Waals surface area contributed by atoms with Crippen molar-refractivity contribution in [2.24, 2.45) is 5.16 Å². The topological polar surface area (TPSA) is 80.2 Å². The highest BCUT2D eigenvalue weighted by Gasteiger charge is 2.37. The predicted molar refractivity (Wildman–Crippen MR) is 122 cm³/mol. The molecule has 32 heavy (non-hydrogen) atoms. The van der Waals surface area contributed by atoms with Gasteiger partial charge in [-0.3, -0.25) is 14.4 Å². The molecule has 2 aromatic carbocycles. The van der Waals surface area contributed by atoms with Crippen LogP contribution in [0, 0.1) is 6.92 Å². The molecule has 2 aliphatic rings. The molecule has 2 aliphatic heterocycles. The summed E-state index contributed by atoms with van der Waals surface area (Å²) in [5.41, 5.74) is 3.01. The predicted octanol–water partition coefficient (Wildman–Crippen LogP) is 4.23. The molecule has 1 N–H and O–H groups in total. The van der Waals surface area contributed by atoms with E-state index in [1.165, 1.54) is 5.06 Å². The van der Waals surface area contributed by atoms with Crippen molar-refractivity contribution in [3.05, 3.63) is 68.7 Å². The molecule has 7 nitrogen and oxygen atoms in total. The van der Waals surface area contributed by atoms with Gasteiger partial charge in [-0.1, -0.05) is 34.4 Å². The van der Waals surface area contributed by atoms with E-state index in [4.69, 9.17) is 32.9 Å². The molecule has 0 bridgehead atoms. The van der Waals surface area contributed by atoms with Crippen molar-refractivity contribution < 1.29 is 19.3 Å². The Balaban J connectivity index is 1.48. The lowest BCUT2D eigenvalue weighted by atomic mass is 9.88. The third-order valence-corrected chi connectivity index (χ3v) is 6.11. The number of carbonyl (C=O) groups excluding carboxylic acids is 2. The molecule has 0 radical (unpaired) electrons. The van der Waals surface area contributed by atoms with E-state index in [2.05, 4.69) is 10.5 Å². The van der Waals surface area contributed by atoms with Gasteiger partial charge in [0.05, 0.1) is 5.71 Å². The van der Waals surface area contributed by atoms with Crippen LogP contribution in [0.1, 0.15) is 47.3 Å². The lowest BCUT2D eigenvalue weighted by molar-refractivity contribution is -0.160. The third-order valence-electron chi connectivity index (χ3n) is 5.67. The standard InChI is InChI=1S/C23H23Cl2N3O4/c1-4-28-22(30)20(12-31-28)26-21(29)18-6-5-14(7-13(18)2)19-11-23(3,32-27-19)15-8-16(24)10-17(25)9-15/h5-10,20H,4,11-12H2,1-3H3,(H,26,29)/t20-,23?/m1/s1. The van der Waals surface area contributed by atoms with Crippen LogP contribution in [0.2, 0.25) is 10.0 Å². The molecule has 2 aromatic rings. The minimum atomic E-state index is -0.693. The van der Waals surface area contributed by atoms with Crippen LogP contribution < -0.4 is 5.32 Å². The van der Waals surface area contributed by atoms with E-state index in [0.29, 0.717) is 28.6 Å². The summed E-state index contributed by atoms with van der Waals surface area (Å²) in [5, 5.41) is 9.35. The van der Waals surface area contributed by atoms with Gasteiger partial charge in [-0.25, -0.2) is 5.06 Å². The van der Waals surface area contributed by atoms with Gasteiger partial charge in [-0.05, 0) is 62.2 Å². The Morgan fingerprint density at radius 1 is 1.25 bits per heavy atom. The van der Waals surface area contributed by atoms with Gasteiger partial charge in [0.2, 0.25) is 0 Å². The molecule has 9 heteroatoms. The first-order valence-corrected chi connectivity index (χ1v) is 11.0. The van der Waals surface area contributed by atoms with Crippen LogP contribution in [0.5, 0.6) is 0 Å². The Morgan fingerprint density at radius 3 is 2.59 bits per heavy atom. The molecule has 1 saturated heterocycles. The third kappa shape index (κ3) is 4.33. The van der Waals surface area contributed by atoms with Crippen molar-refractivity contribution in [2.75, 3.05) is 13.2 Å². The summed E-state index contributed by atoms with van der Waals surface area (Å²) in [6, 6.07) is 10.1. The van der Waals surface area contributed by atoms with Crippen LogP contribution in [0.15, 0.2) is 41.6 Å². The van der Waals surface area contributed by atoms with Gasteiger partial charge in [0.15, 0.2) is 5.60 Å². The Labute approximate surface area is 196 Å². The Kier molecular flexibility index (Phi) is 6.16. The molecule has 1 unspecified atom stereocenters. The number of carbonyl (C=O) groups is 2. The molecule has 1 fully saturated rings. The average Bonchev–Trinajstić information content (AvgIpc) is 3.31. The van der Waals surface area contributed by atoms with Crippen LogP contribution in [0.4, 0.5) is 0 Å². The number of likely N-dealkylation sites (N-methyl/N-ethyl adjacent to an activating group) is 1. The smallest absolute Gasteiger partial charge is 0.271 e. The lowest BCUT2D eigenvalue weighted by Crippen LogP contribution is -2.42. The van der Waals surface area contributed by atoms with Crippen molar-refractivity contribution in [3.8, 4) is 0 Å². The summed E-state index contributed by atoms with van der Waals surface area (Å²) in [5.74, 6) is -0.565. The molecule has 0 saturated carbocycles. The van der Waals surface area contributed by atoms with Gasteiger partial charge in [-0.15, -0.1) is 0 Å². The normalized spacial score (nSPS) is 22.7. The SMILES string of the molecule is CCN1OC[C@@H](NC(=O)c2ccc(C3=NOC(C)(c4cc(Cl)cc(Cl)c4)C3)cc2C)C1=O. The van der Waals surface area contributed by atoms with Gasteiger partial charge < -0.3 is 10.2 Å². The summed E-state index contributed by atoms with van der Waals surface area (Å²) < 4.78 is 0. The number of oxime groups is 1. The largest absolute Gasteiger partial charge is 0.384 e. The van der Waals surface area contributed by atoms with Crippen molar-refractivity contribution in [2.45, 2.75) is 38.8 Å². The zero-order valence-electron chi connectivity index (χ0n) is 17.9.